The Kier molecular flexibility index (Phi) is 4.92. The van der Waals surface area contributed by atoms with Crippen molar-refractivity contribution in [3.8, 4) is 0 Å². The quantitative estimate of drug-likeness (QED) is 0.592. The summed E-state index contributed by atoms with van der Waals surface area (Å²) in [6.45, 7) is 0. The first-order valence-electron chi connectivity index (χ1n) is 5.70. The van der Waals surface area contributed by atoms with Crippen LogP contribution in [0.5, 0.6) is 0 Å². The van der Waals surface area contributed by atoms with Crippen LogP contribution in [0.2, 0.25) is 0 Å². The van der Waals surface area contributed by atoms with Gasteiger partial charge in [0.25, 0.3) is 5.91 Å². The van der Waals surface area contributed by atoms with Gasteiger partial charge < -0.3 is 5.32 Å². The molecule has 7 heteroatoms. The predicted molar refractivity (Wildman–Crippen MR) is 86.3 cm³/mol. The zero-order valence-corrected chi connectivity index (χ0v) is 14.1. The van der Waals surface area contributed by atoms with E-state index in [0.717, 1.165) is 15.7 Å². The third-order valence-corrected chi connectivity index (χ3v) is 3.70. The molecule has 0 fully saturated rings. The molecule has 1 amide bonds. The molecule has 110 valence electrons. The van der Waals surface area contributed by atoms with E-state index in [9.17, 15) is 18.0 Å². The SMILES string of the molecule is O=C(Nc1cc(Br)cc(C(F)(F)F)c1)c1cccc(I)c1. The summed E-state index contributed by atoms with van der Waals surface area (Å²) in [6, 6.07) is 10.0. The summed E-state index contributed by atoms with van der Waals surface area (Å²) in [6.07, 6.45) is -4.47. The highest BCUT2D eigenvalue weighted by Gasteiger charge is 2.31. The standard InChI is InChI=1S/C14H8BrF3INO/c15-10-5-9(14(16,17)18)6-12(7-10)20-13(21)8-2-1-3-11(19)4-8/h1-7H,(H,20,21). The van der Waals surface area contributed by atoms with Crippen molar-refractivity contribution in [3.63, 3.8) is 0 Å². The first-order chi connectivity index (χ1) is 9.75. The summed E-state index contributed by atoms with van der Waals surface area (Å²) in [5.74, 6) is -0.459. The Balaban J connectivity index is 2.27. The summed E-state index contributed by atoms with van der Waals surface area (Å²) >= 11 is 5.07. The van der Waals surface area contributed by atoms with Gasteiger partial charge in [0.15, 0.2) is 0 Å². The summed E-state index contributed by atoms with van der Waals surface area (Å²) in [7, 11) is 0. The fraction of sp³-hybridized carbons (Fsp3) is 0.0714. The van der Waals surface area contributed by atoms with Gasteiger partial charge in [0.05, 0.1) is 5.56 Å². The normalized spacial score (nSPS) is 11.3. The van der Waals surface area contributed by atoms with Crippen LogP contribution in [-0.2, 0) is 6.18 Å². The molecule has 0 aromatic heterocycles. The lowest BCUT2D eigenvalue weighted by Crippen LogP contribution is -2.13. The van der Waals surface area contributed by atoms with Crippen LogP contribution < -0.4 is 5.32 Å². The van der Waals surface area contributed by atoms with Gasteiger partial charge in [-0.05, 0) is 59.0 Å². The lowest BCUT2D eigenvalue weighted by Gasteiger charge is -2.11. The Bertz CT molecular complexity index is 688. The Morgan fingerprint density at radius 2 is 1.86 bits per heavy atom. The van der Waals surface area contributed by atoms with Crippen molar-refractivity contribution < 1.29 is 18.0 Å². The van der Waals surface area contributed by atoms with E-state index < -0.39 is 17.6 Å². The maximum Gasteiger partial charge on any atom is 0.416 e. The van der Waals surface area contributed by atoms with E-state index in [4.69, 9.17) is 0 Å². The summed E-state index contributed by atoms with van der Waals surface area (Å²) in [5.41, 5.74) is -0.356. The van der Waals surface area contributed by atoms with Crippen molar-refractivity contribution in [2.24, 2.45) is 0 Å². The molecular formula is C14H8BrF3INO. The van der Waals surface area contributed by atoms with E-state index in [1.165, 1.54) is 6.07 Å². The number of halogens is 5. The van der Waals surface area contributed by atoms with Crippen molar-refractivity contribution in [1.29, 1.82) is 0 Å². The maximum absolute atomic E-state index is 12.7. The molecule has 2 aromatic rings. The molecule has 1 N–H and O–H groups in total. The monoisotopic (exact) mass is 469 g/mol. The fourth-order valence-corrected chi connectivity index (χ4v) is 2.69. The molecule has 0 heterocycles. The number of carbonyl (C=O) groups excluding carboxylic acids is 1. The van der Waals surface area contributed by atoms with Crippen molar-refractivity contribution in [3.05, 3.63) is 61.6 Å². The number of carbonyl (C=O) groups is 1. The fourth-order valence-electron chi connectivity index (χ4n) is 1.66. The Morgan fingerprint density at radius 1 is 1.14 bits per heavy atom. The van der Waals surface area contributed by atoms with E-state index in [-0.39, 0.29) is 10.2 Å². The van der Waals surface area contributed by atoms with Crippen LogP contribution in [0.25, 0.3) is 0 Å². The average Bonchev–Trinajstić information content (AvgIpc) is 2.37. The Morgan fingerprint density at radius 3 is 2.48 bits per heavy atom. The van der Waals surface area contributed by atoms with Crippen LogP contribution in [0, 0.1) is 3.57 Å². The first kappa shape index (κ1) is 16.3. The van der Waals surface area contributed by atoms with E-state index in [0.29, 0.717) is 5.56 Å². The smallest absolute Gasteiger partial charge is 0.322 e. The molecule has 0 aliphatic heterocycles. The molecule has 0 aliphatic carbocycles. The van der Waals surface area contributed by atoms with Crippen LogP contribution in [0.15, 0.2) is 46.9 Å². The first-order valence-corrected chi connectivity index (χ1v) is 7.57. The minimum atomic E-state index is -4.47. The summed E-state index contributed by atoms with van der Waals surface area (Å²) < 4.78 is 39.3. The largest absolute Gasteiger partial charge is 0.416 e. The molecule has 0 bridgehead atoms. The lowest BCUT2D eigenvalue weighted by atomic mass is 10.1. The minimum Gasteiger partial charge on any atom is -0.322 e. The summed E-state index contributed by atoms with van der Waals surface area (Å²) in [4.78, 5) is 12.0. The molecule has 0 aliphatic rings. The third-order valence-electron chi connectivity index (χ3n) is 2.57. The molecule has 2 nitrogen and oxygen atoms in total. The minimum absolute atomic E-state index is 0.0839. The van der Waals surface area contributed by atoms with Gasteiger partial charge in [0.1, 0.15) is 0 Å². The van der Waals surface area contributed by atoms with Gasteiger partial charge in [-0.2, -0.15) is 13.2 Å². The lowest BCUT2D eigenvalue weighted by molar-refractivity contribution is -0.137. The number of benzene rings is 2. The molecule has 0 radical (unpaired) electrons. The predicted octanol–water partition coefficient (Wildman–Crippen LogP) is 5.32. The van der Waals surface area contributed by atoms with Crippen LogP contribution in [0.4, 0.5) is 18.9 Å². The van der Waals surface area contributed by atoms with Gasteiger partial charge in [-0.1, -0.05) is 22.0 Å². The van der Waals surface area contributed by atoms with Crippen molar-refractivity contribution in [2.75, 3.05) is 5.32 Å². The second-order valence-corrected chi connectivity index (χ2v) is 6.35. The van der Waals surface area contributed by atoms with Gasteiger partial charge in [0.2, 0.25) is 0 Å². The van der Waals surface area contributed by atoms with E-state index in [1.807, 2.05) is 6.07 Å². The number of hydrogen-bond acceptors (Lipinski definition) is 1. The number of hydrogen-bond donors (Lipinski definition) is 1. The third kappa shape index (κ3) is 4.44. The molecule has 0 saturated carbocycles. The van der Waals surface area contributed by atoms with Crippen molar-refractivity contribution >= 4 is 50.1 Å². The van der Waals surface area contributed by atoms with Crippen LogP contribution >= 0.6 is 38.5 Å². The average molecular weight is 470 g/mol. The van der Waals surface area contributed by atoms with Crippen LogP contribution in [0.3, 0.4) is 0 Å². The van der Waals surface area contributed by atoms with Crippen molar-refractivity contribution in [2.45, 2.75) is 6.18 Å². The molecular weight excluding hydrogens is 462 g/mol. The molecule has 2 aromatic carbocycles. The van der Waals surface area contributed by atoms with Gasteiger partial charge in [-0.3, -0.25) is 4.79 Å². The highest BCUT2D eigenvalue weighted by molar-refractivity contribution is 14.1. The second kappa shape index (κ2) is 6.35. The Hall–Kier alpha value is -1.09. The van der Waals surface area contributed by atoms with Gasteiger partial charge in [-0.15, -0.1) is 0 Å². The van der Waals surface area contributed by atoms with Gasteiger partial charge in [0, 0.05) is 19.3 Å². The summed E-state index contributed by atoms with van der Waals surface area (Å²) in [5, 5.41) is 2.47. The van der Waals surface area contributed by atoms with E-state index in [2.05, 4.69) is 43.8 Å². The van der Waals surface area contributed by atoms with Crippen LogP contribution in [0.1, 0.15) is 15.9 Å². The highest BCUT2D eigenvalue weighted by Crippen LogP contribution is 2.33. The number of rotatable bonds is 2. The topological polar surface area (TPSA) is 29.1 Å². The molecule has 0 spiro atoms. The zero-order chi connectivity index (χ0) is 15.6. The number of nitrogens with one attached hydrogen (secondary N) is 1. The number of alkyl halides is 3. The van der Waals surface area contributed by atoms with Crippen LogP contribution in [-0.4, -0.2) is 5.91 Å². The number of amides is 1. The van der Waals surface area contributed by atoms with E-state index in [1.54, 1.807) is 18.2 Å². The number of anilines is 1. The molecule has 0 atom stereocenters. The van der Waals surface area contributed by atoms with E-state index >= 15 is 0 Å². The van der Waals surface area contributed by atoms with Crippen molar-refractivity contribution in [1.82, 2.24) is 0 Å². The molecule has 0 unspecified atom stereocenters. The van der Waals surface area contributed by atoms with Gasteiger partial charge >= 0.3 is 6.18 Å². The molecule has 21 heavy (non-hydrogen) atoms. The van der Waals surface area contributed by atoms with Gasteiger partial charge in [-0.25, -0.2) is 0 Å². The highest BCUT2D eigenvalue weighted by atomic mass is 127. The molecule has 0 saturated heterocycles. The molecule has 2 rings (SSSR count). The Labute approximate surface area is 141 Å². The second-order valence-electron chi connectivity index (χ2n) is 4.19. The zero-order valence-electron chi connectivity index (χ0n) is 10.3. The maximum atomic E-state index is 12.7.